The van der Waals surface area contributed by atoms with E-state index in [-0.39, 0.29) is 12.5 Å². The zero-order valence-electron chi connectivity index (χ0n) is 9.09. The number of carbonyl (C=O) groups excluding carboxylic acids is 2. The number of rotatable bonds is 2. The molecule has 1 amide bonds. The number of ether oxygens (including phenoxy) is 1. The predicted octanol–water partition coefficient (Wildman–Crippen LogP) is 0.289. The van der Waals surface area contributed by atoms with E-state index in [0.29, 0.717) is 11.3 Å². The number of hydrogen-bond acceptors (Lipinski definition) is 3. The van der Waals surface area contributed by atoms with Gasteiger partial charge in [0.1, 0.15) is 5.69 Å². The Kier molecular flexibility index (Phi) is 4.16. The molecule has 0 spiro atoms. The van der Waals surface area contributed by atoms with Crippen LogP contribution in [0.4, 0.5) is 0 Å². The molecule has 0 saturated carbocycles. The van der Waals surface area contributed by atoms with Gasteiger partial charge in [-0.3, -0.25) is 4.79 Å². The molecule has 1 aromatic rings. The van der Waals surface area contributed by atoms with Gasteiger partial charge < -0.3 is 15.0 Å². The van der Waals surface area contributed by atoms with E-state index in [9.17, 15) is 9.59 Å². The normalized spacial score (nSPS) is 8.88. The average Bonchev–Trinajstić information content (AvgIpc) is 2.71. The maximum atomic E-state index is 11.1. The maximum Gasteiger partial charge on any atom is 0.354 e. The van der Waals surface area contributed by atoms with Crippen LogP contribution in [0.1, 0.15) is 23.0 Å². The fraction of sp³-hybridized carbons (Fsp3) is 0.273. The molecule has 2 N–H and O–H groups in total. The summed E-state index contributed by atoms with van der Waals surface area (Å²) in [7, 11) is 1.31. The van der Waals surface area contributed by atoms with Crippen LogP contribution in [0.3, 0.4) is 0 Å². The second-order valence-electron chi connectivity index (χ2n) is 3.01. The van der Waals surface area contributed by atoms with Crippen molar-refractivity contribution in [1.29, 1.82) is 0 Å². The lowest BCUT2D eigenvalue weighted by atomic mass is 10.3. The number of aromatic nitrogens is 1. The highest BCUT2D eigenvalue weighted by molar-refractivity contribution is 5.87. The Morgan fingerprint density at radius 3 is 2.94 bits per heavy atom. The maximum absolute atomic E-state index is 11.1. The Balaban J connectivity index is 2.58. The molecule has 84 valence electrons. The van der Waals surface area contributed by atoms with Crippen LogP contribution in [0, 0.1) is 11.8 Å². The third-order valence-electron chi connectivity index (χ3n) is 1.75. The van der Waals surface area contributed by atoms with E-state index in [1.165, 1.54) is 14.0 Å². The second kappa shape index (κ2) is 5.61. The molecule has 1 rings (SSSR count). The SMILES string of the molecule is COC(=O)c1cc(C#CCNC(C)=O)c[nH]1. The summed E-state index contributed by atoms with van der Waals surface area (Å²) in [5.74, 6) is 4.98. The lowest BCUT2D eigenvalue weighted by molar-refractivity contribution is -0.118. The van der Waals surface area contributed by atoms with E-state index in [4.69, 9.17) is 0 Å². The van der Waals surface area contributed by atoms with Gasteiger partial charge in [0.05, 0.1) is 13.7 Å². The molecular formula is C11H12N2O3. The zero-order valence-corrected chi connectivity index (χ0v) is 9.09. The fourth-order valence-corrected chi connectivity index (χ4v) is 1.01. The van der Waals surface area contributed by atoms with Crippen molar-refractivity contribution >= 4 is 11.9 Å². The summed E-state index contributed by atoms with van der Waals surface area (Å²) >= 11 is 0. The second-order valence-corrected chi connectivity index (χ2v) is 3.01. The molecule has 0 saturated heterocycles. The molecule has 5 heteroatoms. The molecule has 0 bridgehead atoms. The molecule has 0 fully saturated rings. The van der Waals surface area contributed by atoms with Gasteiger partial charge in [-0.25, -0.2) is 4.79 Å². The van der Waals surface area contributed by atoms with Gasteiger partial charge >= 0.3 is 5.97 Å². The number of hydrogen-bond donors (Lipinski definition) is 2. The summed E-state index contributed by atoms with van der Waals surface area (Å²) < 4.78 is 4.53. The van der Waals surface area contributed by atoms with E-state index in [2.05, 4.69) is 26.9 Å². The van der Waals surface area contributed by atoms with Gasteiger partial charge in [-0.05, 0) is 6.07 Å². The predicted molar refractivity (Wildman–Crippen MR) is 57.7 cm³/mol. The van der Waals surface area contributed by atoms with Gasteiger partial charge in [0.15, 0.2) is 0 Å². The number of H-pyrrole nitrogens is 1. The first-order valence-electron chi connectivity index (χ1n) is 4.63. The Bertz CT molecular complexity index is 451. The van der Waals surface area contributed by atoms with Gasteiger partial charge in [0.2, 0.25) is 5.91 Å². The monoisotopic (exact) mass is 220 g/mol. The summed E-state index contributed by atoms with van der Waals surface area (Å²) in [6.45, 7) is 1.71. The van der Waals surface area contributed by atoms with Crippen LogP contribution in [-0.4, -0.2) is 30.5 Å². The summed E-state index contributed by atoms with van der Waals surface area (Å²) in [5, 5.41) is 2.54. The Labute approximate surface area is 93.2 Å². The third-order valence-corrected chi connectivity index (χ3v) is 1.75. The minimum Gasteiger partial charge on any atom is -0.464 e. The number of methoxy groups -OCH3 is 1. The molecular weight excluding hydrogens is 208 g/mol. The molecule has 1 heterocycles. The first kappa shape index (κ1) is 11.9. The molecule has 5 nitrogen and oxygen atoms in total. The van der Waals surface area contributed by atoms with Crippen molar-refractivity contribution in [2.24, 2.45) is 0 Å². The Morgan fingerprint density at radius 1 is 1.56 bits per heavy atom. The number of aromatic amines is 1. The third kappa shape index (κ3) is 3.50. The van der Waals surface area contributed by atoms with Crippen LogP contribution in [-0.2, 0) is 9.53 Å². The molecule has 0 radical (unpaired) electrons. The smallest absolute Gasteiger partial charge is 0.354 e. The largest absolute Gasteiger partial charge is 0.464 e. The van der Waals surface area contributed by atoms with Crippen molar-refractivity contribution in [3.63, 3.8) is 0 Å². The lowest BCUT2D eigenvalue weighted by Gasteiger charge is -1.91. The molecule has 1 aromatic heterocycles. The van der Waals surface area contributed by atoms with Crippen LogP contribution in [0.15, 0.2) is 12.3 Å². The van der Waals surface area contributed by atoms with Gasteiger partial charge in [-0.1, -0.05) is 11.8 Å². The van der Waals surface area contributed by atoms with Crippen molar-refractivity contribution in [3.8, 4) is 11.8 Å². The highest BCUT2D eigenvalue weighted by atomic mass is 16.5. The van der Waals surface area contributed by atoms with E-state index >= 15 is 0 Å². The summed E-state index contributed by atoms with van der Waals surface area (Å²) in [5.41, 5.74) is 1.03. The Hall–Kier alpha value is -2.22. The van der Waals surface area contributed by atoms with Crippen molar-refractivity contribution in [2.45, 2.75) is 6.92 Å². The van der Waals surface area contributed by atoms with Crippen molar-refractivity contribution in [2.75, 3.05) is 13.7 Å². The molecule has 0 aliphatic rings. The molecule has 0 aliphatic heterocycles. The topological polar surface area (TPSA) is 71.2 Å². The molecule has 0 aromatic carbocycles. The first-order chi connectivity index (χ1) is 7.63. The number of amides is 1. The Morgan fingerprint density at radius 2 is 2.31 bits per heavy atom. The van der Waals surface area contributed by atoms with E-state index in [1.54, 1.807) is 12.3 Å². The summed E-state index contributed by atoms with van der Waals surface area (Å²) in [6, 6.07) is 1.59. The quantitative estimate of drug-likeness (QED) is 0.556. The summed E-state index contributed by atoms with van der Waals surface area (Å²) in [6.07, 6.45) is 1.60. The zero-order chi connectivity index (χ0) is 12.0. The van der Waals surface area contributed by atoms with Gasteiger partial charge in [-0.2, -0.15) is 0 Å². The molecule has 0 atom stereocenters. The van der Waals surface area contributed by atoms with Crippen LogP contribution >= 0.6 is 0 Å². The van der Waals surface area contributed by atoms with Gasteiger partial charge in [-0.15, -0.1) is 0 Å². The highest BCUT2D eigenvalue weighted by Crippen LogP contribution is 2.02. The van der Waals surface area contributed by atoms with Crippen molar-refractivity contribution < 1.29 is 14.3 Å². The van der Waals surface area contributed by atoms with Crippen LogP contribution in [0.5, 0.6) is 0 Å². The lowest BCUT2D eigenvalue weighted by Crippen LogP contribution is -2.19. The van der Waals surface area contributed by atoms with Crippen LogP contribution in [0.2, 0.25) is 0 Å². The van der Waals surface area contributed by atoms with E-state index in [0.717, 1.165) is 0 Å². The first-order valence-corrected chi connectivity index (χ1v) is 4.63. The van der Waals surface area contributed by atoms with Gasteiger partial charge in [0, 0.05) is 18.7 Å². The minimum atomic E-state index is -0.435. The van der Waals surface area contributed by atoms with E-state index in [1.807, 2.05) is 0 Å². The number of esters is 1. The summed E-state index contributed by atoms with van der Waals surface area (Å²) in [4.78, 5) is 24.4. The van der Waals surface area contributed by atoms with Crippen LogP contribution in [0.25, 0.3) is 0 Å². The molecule has 0 aliphatic carbocycles. The average molecular weight is 220 g/mol. The molecule has 16 heavy (non-hydrogen) atoms. The minimum absolute atomic E-state index is 0.126. The molecule has 0 unspecified atom stereocenters. The van der Waals surface area contributed by atoms with Crippen LogP contribution < -0.4 is 5.32 Å². The van der Waals surface area contributed by atoms with Crippen molar-refractivity contribution in [3.05, 3.63) is 23.5 Å². The number of carbonyl (C=O) groups is 2. The number of nitrogens with one attached hydrogen (secondary N) is 2. The standard InChI is InChI=1S/C11H12N2O3/c1-8(14)12-5-3-4-9-6-10(13-7-9)11(15)16-2/h6-7,13H,5H2,1-2H3,(H,12,14). The van der Waals surface area contributed by atoms with E-state index < -0.39 is 5.97 Å². The highest BCUT2D eigenvalue weighted by Gasteiger charge is 2.06. The van der Waals surface area contributed by atoms with Crippen molar-refractivity contribution in [1.82, 2.24) is 10.3 Å². The van der Waals surface area contributed by atoms with Gasteiger partial charge in [0.25, 0.3) is 0 Å². The fourth-order valence-electron chi connectivity index (χ4n) is 1.01.